The van der Waals surface area contributed by atoms with E-state index < -0.39 is 12.0 Å². The molecule has 0 aliphatic carbocycles. The molecule has 0 spiro atoms. The number of hydrogen-bond donors (Lipinski definition) is 1. The lowest BCUT2D eigenvalue weighted by molar-refractivity contribution is -0.145. The molecular weight excluding hydrogens is 390 g/mol. The van der Waals surface area contributed by atoms with Crippen molar-refractivity contribution in [2.24, 2.45) is 5.92 Å². The smallest absolute Gasteiger partial charge is 0.328 e. The van der Waals surface area contributed by atoms with Crippen LogP contribution in [0.5, 0.6) is 0 Å². The summed E-state index contributed by atoms with van der Waals surface area (Å²) in [7, 11) is 1.30. The van der Waals surface area contributed by atoms with Crippen molar-refractivity contribution in [2.75, 3.05) is 7.11 Å². The number of tetrazole rings is 1. The number of halogens is 1. The average Bonchev–Trinajstić information content (AvgIpc) is 3.02. The molecule has 1 aromatic carbocycles. The van der Waals surface area contributed by atoms with E-state index in [1.54, 1.807) is 0 Å². The van der Waals surface area contributed by atoms with E-state index in [4.69, 9.17) is 4.74 Å². The normalized spacial score (nSPS) is 12.0. The predicted molar refractivity (Wildman–Crippen MR) is 94.4 cm³/mol. The van der Waals surface area contributed by atoms with E-state index >= 15 is 0 Å². The molecule has 1 N–H and O–H groups in total. The summed E-state index contributed by atoms with van der Waals surface area (Å²) in [4.78, 5) is 25.1. The number of nitrogens with one attached hydrogen (secondary N) is 1. The Morgan fingerprint density at radius 3 is 2.56 bits per heavy atom. The van der Waals surface area contributed by atoms with Gasteiger partial charge in [0.2, 0.25) is 11.7 Å². The number of carbonyl (C=O) groups excluding carboxylic acids is 2. The number of carbonyl (C=O) groups is 2. The van der Waals surface area contributed by atoms with Gasteiger partial charge in [0.1, 0.15) is 12.6 Å². The summed E-state index contributed by atoms with van der Waals surface area (Å²) in [5, 5.41) is 14.7. The Bertz CT molecular complexity index is 730. The van der Waals surface area contributed by atoms with Crippen LogP contribution in [0, 0.1) is 5.92 Å². The lowest BCUT2D eigenvalue weighted by Gasteiger charge is -2.17. The third-order valence-corrected chi connectivity index (χ3v) is 3.90. The van der Waals surface area contributed by atoms with Crippen molar-refractivity contribution in [3.63, 3.8) is 0 Å². The van der Waals surface area contributed by atoms with Crippen molar-refractivity contribution in [1.29, 1.82) is 0 Å². The molecule has 0 aliphatic rings. The maximum Gasteiger partial charge on any atom is 0.328 e. The molecule has 1 atom stereocenters. The molecule has 0 radical (unpaired) electrons. The zero-order chi connectivity index (χ0) is 18.4. The second-order valence-corrected chi connectivity index (χ2v) is 6.84. The van der Waals surface area contributed by atoms with Gasteiger partial charge in [-0.05, 0) is 41.8 Å². The van der Waals surface area contributed by atoms with Crippen LogP contribution < -0.4 is 5.32 Å². The molecule has 25 heavy (non-hydrogen) atoms. The second kappa shape index (κ2) is 8.70. The van der Waals surface area contributed by atoms with Gasteiger partial charge in [-0.2, -0.15) is 4.80 Å². The molecule has 0 aliphatic heterocycles. The molecular formula is C16H20BrN5O3. The van der Waals surface area contributed by atoms with E-state index in [-0.39, 0.29) is 18.4 Å². The molecule has 0 bridgehead atoms. The minimum absolute atomic E-state index is 0.130. The highest BCUT2D eigenvalue weighted by molar-refractivity contribution is 9.10. The van der Waals surface area contributed by atoms with E-state index in [0.717, 1.165) is 10.0 Å². The Balaban J connectivity index is 2.00. The summed E-state index contributed by atoms with van der Waals surface area (Å²) in [6.45, 7) is 3.80. The third kappa shape index (κ3) is 5.63. The summed E-state index contributed by atoms with van der Waals surface area (Å²) < 4.78 is 5.67. The van der Waals surface area contributed by atoms with Crippen molar-refractivity contribution >= 4 is 27.8 Å². The van der Waals surface area contributed by atoms with Crippen LogP contribution in [0.3, 0.4) is 0 Å². The van der Waals surface area contributed by atoms with Crippen molar-refractivity contribution in [3.05, 3.63) is 28.7 Å². The lowest BCUT2D eigenvalue weighted by atomic mass is 10.0. The maximum atomic E-state index is 12.2. The lowest BCUT2D eigenvalue weighted by Crippen LogP contribution is -2.43. The fourth-order valence-electron chi connectivity index (χ4n) is 2.22. The predicted octanol–water partition coefficient (Wildman–Crippen LogP) is 1.81. The largest absolute Gasteiger partial charge is 0.467 e. The van der Waals surface area contributed by atoms with Gasteiger partial charge in [0, 0.05) is 10.0 Å². The van der Waals surface area contributed by atoms with E-state index in [1.807, 2.05) is 38.1 Å². The van der Waals surface area contributed by atoms with Crippen LogP contribution in [-0.4, -0.2) is 45.2 Å². The molecule has 2 aromatic rings. The molecule has 0 fully saturated rings. The first-order chi connectivity index (χ1) is 11.9. The SMILES string of the molecule is COC(=O)[C@@H](CC(C)C)NC(=O)Cn1nnc(-c2ccc(Br)cc2)n1. The van der Waals surface area contributed by atoms with Crippen molar-refractivity contribution in [2.45, 2.75) is 32.9 Å². The molecule has 2 rings (SSSR count). The molecule has 1 aromatic heterocycles. The highest BCUT2D eigenvalue weighted by atomic mass is 79.9. The number of aromatic nitrogens is 4. The molecule has 1 amide bonds. The van der Waals surface area contributed by atoms with Crippen molar-refractivity contribution < 1.29 is 14.3 Å². The number of esters is 1. The topological polar surface area (TPSA) is 99.0 Å². The zero-order valence-corrected chi connectivity index (χ0v) is 15.9. The zero-order valence-electron chi connectivity index (χ0n) is 14.3. The number of rotatable bonds is 7. The monoisotopic (exact) mass is 409 g/mol. The fraction of sp³-hybridized carbons (Fsp3) is 0.438. The van der Waals surface area contributed by atoms with Gasteiger partial charge in [0.05, 0.1) is 7.11 Å². The summed E-state index contributed by atoms with van der Waals surface area (Å²) in [5.41, 5.74) is 0.794. The fourth-order valence-corrected chi connectivity index (χ4v) is 2.49. The number of nitrogens with zero attached hydrogens (tertiary/aromatic N) is 4. The Morgan fingerprint density at radius 1 is 1.28 bits per heavy atom. The number of hydrogen-bond acceptors (Lipinski definition) is 6. The highest BCUT2D eigenvalue weighted by Crippen LogP contribution is 2.17. The van der Waals surface area contributed by atoms with Gasteiger partial charge < -0.3 is 10.1 Å². The van der Waals surface area contributed by atoms with Crippen LogP contribution in [0.15, 0.2) is 28.7 Å². The highest BCUT2D eigenvalue weighted by Gasteiger charge is 2.23. The molecule has 0 unspecified atom stereocenters. The Hall–Kier alpha value is -2.29. The Kier molecular flexibility index (Phi) is 6.63. The second-order valence-electron chi connectivity index (χ2n) is 5.92. The summed E-state index contributed by atoms with van der Waals surface area (Å²) in [6.07, 6.45) is 0.493. The molecule has 1 heterocycles. The first kappa shape index (κ1) is 19.0. The standard InChI is InChI=1S/C16H20BrN5O3/c1-10(2)8-13(16(24)25-3)18-14(23)9-22-20-15(19-21-22)11-4-6-12(17)7-5-11/h4-7,10,13H,8-9H2,1-3H3,(H,18,23)/t13-/m1/s1. The van der Waals surface area contributed by atoms with Crippen LogP contribution in [-0.2, 0) is 20.9 Å². The van der Waals surface area contributed by atoms with Gasteiger partial charge in [0.15, 0.2) is 0 Å². The van der Waals surface area contributed by atoms with Gasteiger partial charge in [0.25, 0.3) is 0 Å². The number of amides is 1. The summed E-state index contributed by atoms with van der Waals surface area (Å²) in [5.74, 6) is -0.190. The minimum Gasteiger partial charge on any atom is -0.467 e. The van der Waals surface area contributed by atoms with Gasteiger partial charge in [-0.25, -0.2) is 4.79 Å². The van der Waals surface area contributed by atoms with Crippen molar-refractivity contribution in [3.8, 4) is 11.4 Å². The van der Waals surface area contributed by atoms with Gasteiger partial charge >= 0.3 is 5.97 Å². The number of ether oxygens (including phenoxy) is 1. The maximum absolute atomic E-state index is 12.2. The van der Waals surface area contributed by atoms with E-state index in [2.05, 4.69) is 36.7 Å². The van der Waals surface area contributed by atoms with Crippen LogP contribution in [0.2, 0.25) is 0 Å². The van der Waals surface area contributed by atoms with Crippen molar-refractivity contribution in [1.82, 2.24) is 25.5 Å². The van der Waals surface area contributed by atoms with Gasteiger partial charge in [-0.1, -0.05) is 29.8 Å². The molecule has 0 saturated heterocycles. The Morgan fingerprint density at radius 2 is 1.96 bits per heavy atom. The number of benzene rings is 1. The van der Waals surface area contributed by atoms with Crippen LogP contribution in [0.25, 0.3) is 11.4 Å². The first-order valence-electron chi connectivity index (χ1n) is 7.80. The summed E-state index contributed by atoms with van der Waals surface area (Å²) >= 11 is 3.36. The van der Waals surface area contributed by atoms with Crippen LogP contribution in [0.1, 0.15) is 20.3 Å². The molecule has 0 saturated carbocycles. The minimum atomic E-state index is -0.688. The van der Waals surface area contributed by atoms with Crippen LogP contribution in [0.4, 0.5) is 0 Å². The number of methoxy groups -OCH3 is 1. The van der Waals surface area contributed by atoms with Crippen LogP contribution >= 0.6 is 15.9 Å². The van der Waals surface area contributed by atoms with Gasteiger partial charge in [-0.15, -0.1) is 10.2 Å². The third-order valence-electron chi connectivity index (χ3n) is 3.37. The van der Waals surface area contributed by atoms with E-state index in [9.17, 15) is 9.59 Å². The summed E-state index contributed by atoms with van der Waals surface area (Å²) in [6, 6.07) is 6.75. The quantitative estimate of drug-likeness (QED) is 0.699. The van der Waals surface area contributed by atoms with Gasteiger partial charge in [-0.3, -0.25) is 4.79 Å². The molecule has 134 valence electrons. The molecule has 9 heteroatoms. The van der Waals surface area contributed by atoms with E-state index in [0.29, 0.717) is 12.2 Å². The van der Waals surface area contributed by atoms with E-state index in [1.165, 1.54) is 11.9 Å². The first-order valence-corrected chi connectivity index (χ1v) is 8.59. The molecule has 8 nitrogen and oxygen atoms in total. The Labute approximate surface area is 154 Å². The average molecular weight is 410 g/mol.